The molecule has 0 radical (unpaired) electrons. The van der Waals surface area contributed by atoms with Crippen LogP contribution in [0.1, 0.15) is 32.4 Å². The fourth-order valence-electron chi connectivity index (χ4n) is 2.86. The Kier molecular flexibility index (Phi) is 5.19. The minimum absolute atomic E-state index is 0. The lowest BCUT2D eigenvalue weighted by Gasteiger charge is -2.31. The van der Waals surface area contributed by atoms with Gasteiger partial charge in [0.15, 0.2) is 5.65 Å². The van der Waals surface area contributed by atoms with Gasteiger partial charge < -0.3 is 5.32 Å². The fourth-order valence-corrected chi connectivity index (χ4v) is 2.86. The molecule has 0 spiro atoms. The Labute approximate surface area is 132 Å². The van der Waals surface area contributed by atoms with E-state index in [4.69, 9.17) is 0 Å². The lowest BCUT2D eigenvalue weighted by Crippen LogP contribution is -2.48. The van der Waals surface area contributed by atoms with Crippen molar-refractivity contribution in [1.29, 1.82) is 0 Å². The Morgan fingerprint density at radius 1 is 1.38 bits per heavy atom. The fraction of sp³-hybridized carbons (Fsp3) is 0.600. The highest BCUT2D eigenvalue weighted by Gasteiger charge is 2.16. The van der Waals surface area contributed by atoms with Gasteiger partial charge in [0.05, 0.1) is 6.20 Å². The van der Waals surface area contributed by atoms with Gasteiger partial charge in [0, 0.05) is 49.8 Å². The highest BCUT2D eigenvalue weighted by Crippen LogP contribution is 2.17. The number of piperazine rings is 1. The molecule has 1 aliphatic heterocycles. The van der Waals surface area contributed by atoms with Crippen LogP contribution in [0.5, 0.6) is 0 Å². The van der Waals surface area contributed by atoms with Crippen LogP contribution in [0.2, 0.25) is 0 Å². The van der Waals surface area contributed by atoms with Crippen LogP contribution in [-0.4, -0.2) is 45.3 Å². The standard InChI is InChI=1S/C15H23N5.ClH/c1-11(2)20-15-14(8-18-20)6-13(7-17-15)10-19-5-4-16-12(3)9-19;/h6-8,11-12,16H,4-5,9-10H2,1-3H3;1H. The first-order valence-corrected chi connectivity index (χ1v) is 7.41. The molecule has 3 rings (SSSR count). The second-order valence-corrected chi connectivity index (χ2v) is 6.03. The summed E-state index contributed by atoms with van der Waals surface area (Å²) in [5.74, 6) is 0. The van der Waals surface area contributed by atoms with Crippen LogP contribution in [0.4, 0.5) is 0 Å². The lowest BCUT2D eigenvalue weighted by atomic mass is 10.2. The summed E-state index contributed by atoms with van der Waals surface area (Å²) in [5.41, 5.74) is 2.26. The molecule has 5 nitrogen and oxygen atoms in total. The van der Waals surface area contributed by atoms with Crippen molar-refractivity contribution in [3.63, 3.8) is 0 Å². The summed E-state index contributed by atoms with van der Waals surface area (Å²) in [6.07, 6.45) is 3.92. The van der Waals surface area contributed by atoms with Crippen molar-refractivity contribution in [3.8, 4) is 0 Å². The number of halogens is 1. The maximum Gasteiger partial charge on any atom is 0.157 e. The van der Waals surface area contributed by atoms with Gasteiger partial charge in [0.1, 0.15) is 0 Å². The minimum Gasteiger partial charge on any atom is -0.312 e. The number of aromatic nitrogens is 3. The summed E-state index contributed by atoms with van der Waals surface area (Å²) in [7, 11) is 0. The van der Waals surface area contributed by atoms with Crippen molar-refractivity contribution in [2.45, 2.75) is 39.4 Å². The monoisotopic (exact) mass is 309 g/mol. The predicted octanol–water partition coefficient (Wildman–Crippen LogP) is 2.23. The molecule has 1 saturated heterocycles. The van der Waals surface area contributed by atoms with E-state index < -0.39 is 0 Å². The number of nitrogens with zero attached hydrogens (tertiary/aromatic N) is 4. The van der Waals surface area contributed by atoms with Gasteiger partial charge in [-0.2, -0.15) is 5.10 Å². The highest BCUT2D eigenvalue weighted by molar-refractivity contribution is 5.85. The SMILES string of the molecule is CC1CN(Cc2cnc3c(cnn3C(C)C)c2)CCN1.Cl. The number of hydrogen-bond donors (Lipinski definition) is 1. The van der Waals surface area contributed by atoms with E-state index in [2.05, 4.69) is 47.1 Å². The lowest BCUT2D eigenvalue weighted by molar-refractivity contribution is 0.199. The minimum atomic E-state index is 0. The van der Waals surface area contributed by atoms with Crippen LogP contribution in [0.25, 0.3) is 11.0 Å². The first kappa shape index (κ1) is 16.2. The maximum absolute atomic E-state index is 4.61. The first-order chi connectivity index (χ1) is 9.63. The molecule has 1 N–H and O–H groups in total. The van der Waals surface area contributed by atoms with Crippen LogP contribution in [0.15, 0.2) is 18.5 Å². The molecule has 1 atom stereocenters. The number of hydrogen-bond acceptors (Lipinski definition) is 4. The molecule has 0 aliphatic carbocycles. The van der Waals surface area contributed by atoms with Gasteiger partial charge in [-0.05, 0) is 32.4 Å². The van der Waals surface area contributed by atoms with E-state index in [1.807, 2.05) is 17.1 Å². The first-order valence-electron chi connectivity index (χ1n) is 7.41. The van der Waals surface area contributed by atoms with Crippen LogP contribution >= 0.6 is 12.4 Å². The molecular formula is C15H24ClN5. The van der Waals surface area contributed by atoms with Crippen molar-refractivity contribution in [3.05, 3.63) is 24.0 Å². The molecule has 21 heavy (non-hydrogen) atoms. The molecule has 0 bridgehead atoms. The van der Waals surface area contributed by atoms with Gasteiger partial charge in [0.25, 0.3) is 0 Å². The Hall–Kier alpha value is -1.17. The average Bonchev–Trinajstić information content (AvgIpc) is 2.82. The zero-order chi connectivity index (χ0) is 14.1. The van der Waals surface area contributed by atoms with E-state index in [0.717, 1.165) is 37.2 Å². The van der Waals surface area contributed by atoms with Gasteiger partial charge >= 0.3 is 0 Å². The maximum atomic E-state index is 4.61. The molecule has 2 aromatic heterocycles. The molecule has 1 unspecified atom stereocenters. The third-order valence-electron chi connectivity index (χ3n) is 3.84. The van der Waals surface area contributed by atoms with E-state index in [0.29, 0.717) is 12.1 Å². The summed E-state index contributed by atoms with van der Waals surface area (Å²) in [6, 6.07) is 3.14. The molecule has 3 heterocycles. The summed E-state index contributed by atoms with van der Waals surface area (Å²) >= 11 is 0. The van der Waals surface area contributed by atoms with Gasteiger partial charge in [0.2, 0.25) is 0 Å². The second-order valence-electron chi connectivity index (χ2n) is 6.03. The van der Waals surface area contributed by atoms with Gasteiger partial charge in [-0.15, -0.1) is 12.4 Å². The predicted molar refractivity (Wildman–Crippen MR) is 87.9 cm³/mol. The Morgan fingerprint density at radius 3 is 2.90 bits per heavy atom. The summed E-state index contributed by atoms with van der Waals surface area (Å²) < 4.78 is 1.98. The van der Waals surface area contributed by atoms with Crippen molar-refractivity contribution < 1.29 is 0 Å². The zero-order valence-corrected chi connectivity index (χ0v) is 13.7. The molecule has 1 aliphatic rings. The number of fused-ring (bicyclic) bond motifs is 1. The van der Waals surface area contributed by atoms with Crippen LogP contribution in [0.3, 0.4) is 0 Å². The van der Waals surface area contributed by atoms with Crippen molar-refractivity contribution in [2.75, 3.05) is 19.6 Å². The van der Waals surface area contributed by atoms with Crippen LogP contribution in [-0.2, 0) is 6.54 Å². The van der Waals surface area contributed by atoms with Crippen LogP contribution < -0.4 is 5.32 Å². The smallest absolute Gasteiger partial charge is 0.157 e. The second kappa shape index (κ2) is 6.73. The topological polar surface area (TPSA) is 46.0 Å². The van der Waals surface area contributed by atoms with Gasteiger partial charge in [-0.3, -0.25) is 4.90 Å². The third-order valence-corrected chi connectivity index (χ3v) is 3.84. The molecule has 0 amide bonds. The van der Waals surface area contributed by atoms with Crippen molar-refractivity contribution in [2.24, 2.45) is 0 Å². The normalized spacial score (nSPS) is 19.9. The largest absolute Gasteiger partial charge is 0.312 e. The van der Waals surface area contributed by atoms with Crippen molar-refractivity contribution in [1.82, 2.24) is 25.0 Å². The third kappa shape index (κ3) is 3.54. The highest BCUT2D eigenvalue weighted by atomic mass is 35.5. The summed E-state index contributed by atoms with van der Waals surface area (Å²) in [4.78, 5) is 7.09. The molecule has 116 valence electrons. The Bertz CT molecular complexity index is 595. The quantitative estimate of drug-likeness (QED) is 0.944. The number of rotatable bonds is 3. The number of pyridine rings is 1. The van der Waals surface area contributed by atoms with Crippen LogP contribution in [0, 0.1) is 0 Å². The summed E-state index contributed by atoms with van der Waals surface area (Å²) in [6.45, 7) is 10.7. The molecule has 6 heteroatoms. The van der Waals surface area contributed by atoms with Crippen molar-refractivity contribution >= 4 is 23.4 Å². The average molecular weight is 310 g/mol. The van der Waals surface area contributed by atoms with Gasteiger partial charge in [-0.1, -0.05) is 0 Å². The molecule has 2 aromatic rings. The molecule has 0 aromatic carbocycles. The van der Waals surface area contributed by atoms with E-state index in [1.165, 1.54) is 5.56 Å². The van der Waals surface area contributed by atoms with E-state index in [-0.39, 0.29) is 12.4 Å². The number of nitrogens with one attached hydrogen (secondary N) is 1. The molecule has 0 saturated carbocycles. The Balaban J connectivity index is 0.00000161. The molecule has 1 fully saturated rings. The van der Waals surface area contributed by atoms with E-state index in [1.54, 1.807) is 0 Å². The Morgan fingerprint density at radius 2 is 2.19 bits per heavy atom. The molecular weight excluding hydrogens is 286 g/mol. The van der Waals surface area contributed by atoms with E-state index in [9.17, 15) is 0 Å². The van der Waals surface area contributed by atoms with E-state index >= 15 is 0 Å². The zero-order valence-electron chi connectivity index (χ0n) is 12.9. The van der Waals surface area contributed by atoms with Gasteiger partial charge in [-0.25, -0.2) is 9.67 Å². The summed E-state index contributed by atoms with van der Waals surface area (Å²) in [5, 5.41) is 9.04.